The Morgan fingerprint density at radius 3 is 1.55 bits per heavy atom. The Hall–Kier alpha value is 1.05. The van der Waals surface area contributed by atoms with Crippen molar-refractivity contribution in [1.29, 1.82) is 0 Å². The van der Waals surface area contributed by atoms with Crippen molar-refractivity contribution in [2.45, 2.75) is 51.0 Å². The summed E-state index contributed by atoms with van der Waals surface area (Å²) in [5.41, 5.74) is 0. The van der Waals surface area contributed by atoms with E-state index in [9.17, 15) is 0 Å². The van der Waals surface area contributed by atoms with E-state index in [0.717, 1.165) is 10.5 Å². The van der Waals surface area contributed by atoms with E-state index in [2.05, 4.69) is 27.7 Å². The van der Waals surface area contributed by atoms with Gasteiger partial charge in [0, 0.05) is 10.5 Å². The molecular formula is C8H18S3. The number of hydrogen-bond donors (Lipinski definition) is 0. The van der Waals surface area contributed by atoms with Gasteiger partial charge in [-0.2, -0.15) is 0 Å². The zero-order valence-electron chi connectivity index (χ0n) is 7.79. The molecular weight excluding hydrogens is 192 g/mol. The van der Waals surface area contributed by atoms with E-state index in [4.69, 9.17) is 0 Å². The Kier molecular flexibility index (Phi) is 8.42. The highest BCUT2D eigenvalue weighted by Crippen LogP contribution is 2.41. The maximum absolute atomic E-state index is 2.29. The van der Waals surface area contributed by atoms with Crippen LogP contribution in [0.3, 0.4) is 0 Å². The van der Waals surface area contributed by atoms with Gasteiger partial charge in [-0.3, -0.25) is 0 Å². The van der Waals surface area contributed by atoms with Gasteiger partial charge in [-0.1, -0.05) is 49.3 Å². The van der Waals surface area contributed by atoms with Crippen LogP contribution in [0.25, 0.3) is 0 Å². The molecule has 0 aromatic carbocycles. The molecule has 2 atom stereocenters. The second-order valence-corrected chi connectivity index (χ2v) is 7.62. The maximum Gasteiger partial charge on any atom is 0.0128 e. The molecule has 0 aromatic heterocycles. The van der Waals surface area contributed by atoms with E-state index < -0.39 is 0 Å². The van der Waals surface area contributed by atoms with Crippen molar-refractivity contribution in [2.24, 2.45) is 0 Å². The minimum atomic E-state index is 0.802. The molecule has 0 spiro atoms. The standard InChI is InChI=1S/C8H18S3/c1-5-7(3)9-11-10-8(4)6-2/h7-8H,5-6H2,1-4H3. The lowest BCUT2D eigenvalue weighted by Gasteiger charge is -2.09. The molecule has 11 heavy (non-hydrogen) atoms. The van der Waals surface area contributed by atoms with Crippen LogP contribution in [0.5, 0.6) is 0 Å². The molecule has 0 saturated carbocycles. The van der Waals surface area contributed by atoms with E-state index in [0.29, 0.717) is 0 Å². The Bertz CT molecular complexity index is 75.4. The minimum Gasteiger partial charge on any atom is -0.0794 e. The van der Waals surface area contributed by atoms with Crippen LogP contribution in [0.15, 0.2) is 0 Å². The van der Waals surface area contributed by atoms with E-state index in [1.165, 1.54) is 12.8 Å². The van der Waals surface area contributed by atoms with Gasteiger partial charge in [0.05, 0.1) is 0 Å². The molecule has 0 saturated heterocycles. The highest BCUT2D eigenvalue weighted by atomic mass is 33.5. The summed E-state index contributed by atoms with van der Waals surface area (Å²) >= 11 is 0. The first-order chi connectivity index (χ1) is 5.20. The van der Waals surface area contributed by atoms with E-state index in [-0.39, 0.29) is 0 Å². The van der Waals surface area contributed by atoms with Crippen LogP contribution in [0.2, 0.25) is 0 Å². The molecule has 68 valence electrons. The average molecular weight is 210 g/mol. The van der Waals surface area contributed by atoms with Gasteiger partial charge < -0.3 is 0 Å². The molecule has 0 rings (SSSR count). The third-order valence-corrected chi connectivity index (χ3v) is 6.89. The van der Waals surface area contributed by atoms with Gasteiger partial charge >= 0.3 is 0 Å². The summed E-state index contributed by atoms with van der Waals surface area (Å²) in [6.45, 7) is 9.06. The molecule has 0 aliphatic heterocycles. The smallest absolute Gasteiger partial charge is 0.0128 e. The second-order valence-electron chi connectivity index (χ2n) is 2.70. The van der Waals surface area contributed by atoms with Crippen LogP contribution in [-0.2, 0) is 0 Å². The molecule has 0 aromatic rings. The zero-order chi connectivity index (χ0) is 8.69. The summed E-state index contributed by atoms with van der Waals surface area (Å²) in [7, 11) is 5.95. The molecule has 2 unspecified atom stereocenters. The highest BCUT2D eigenvalue weighted by Gasteiger charge is 2.03. The lowest BCUT2D eigenvalue weighted by molar-refractivity contribution is 0.911. The predicted molar refractivity (Wildman–Crippen MR) is 62.3 cm³/mol. The van der Waals surface area contributed by atoms with Crippen LogP contribution in [0.1, 0.15) is 40.5 Å². The predicted octanol–water partition coefficient (Wildman–Crippen LogP) is 4.61. The summed E-state index contributed by atoms with van der Waals surface area (Å²) < 4.78 is 0. The van der Waals surface area contributed by atoms with Gasteiger partial charge in [0.1, 0.15) is 0 Å². The van der Waals surface area contributed by atoms with Gasteiger partial charge in [0.25, 0.3) is 0 Å². The van der Waals surface area contributed by atoms with Crippen molar-refractivity contribution in [2.75, 3.05) is 0 Å². The van der Waals surface area contributed by atoms with Crippen LogP contribution in [0.4, 0.5) is 0 Å². The first-order valence-corrected chi connectivity index (χ1v) is 7.80. The topological polar surface area (TPSA) is 0 Å². The summed E-state index contributed by atoms with van der Waals surface area (Å²) in [5.74, 6) is 0. The van der Waals surface area contributed by atoms with Crippen LogP contribution >= 0.6 is 31.4 Å². The molecule has 0 N–H and O–H groups in total. The summed E-state index contributed by atoms with van der Waals surface area (Å²) in [4.78, 5) is 0. The Morgan fingerprint density at radius 1 is 0.909 bits per heavy atom. The van der Waals surface area contributed by atoms with E-state index >= 15 is 0 Å². The third-order valence-electron chi connectivity index (χ3n) is 1.56. The monoisotopic (exact) mass is 210 g/mol. The molecule has 0 heterocycles. The van der Waals surface area contributed by atoms with Crippen molar-refractivity contribution in [3.63, 3.8) is 0 Å². The van der Waals surface area contributed by atoms with Crippen LogP contribution in [-0.4, -0.2) is 10.5 Å². The van der Waals surface area contributed by atoms with Gasteiger partial charge in [-0.05, 0) is 22.7 Å². The molecule has 3 heteroatoms. The molecule has 0 bridgehead atoms. The quantitative estimate of drug-likeness (QED) is 0.587. The van der Waals surface area contributed by atoms with E-state index in [1.54, 1.807) is 0 Å². The third kappa shape index (κ3) is 7.41. The molecule has 0 nitrogen and oxygen atoms in total. The Balaban J connectivity index is 3.13. The first-order valence-electron chi connectivity index (χ1n) is 4.19. The Labute approximate surface area is 82.5 Å². The molecule has 0 aliphatic rings. The van der Waals surface area contributed by atoms with Gasteiger partial charge in [0.2, 0.25) is 0 Å². The fourth-order valence-corrected chi connectivity index (χ4v) is 5.46. The fraction of sp³-hybridized carbons (Fsp3) is 1.00. The van der Waals surface area contributed by atoms with E-state index in [1.807, 2.05) is 31.4 Å². The maximum atomic E-state index is 2.29. The summed E-state index contributed by atoms with van der Waals surface area (Å²) in [6, 6.07) is 0. The van der Waals surface area contributed by atoms with Crippen LogP contribution in [0, 0.1) is 0 Å². The number of rotatable bonds is 6. The van der Waals surface area contributed by atoms with Crippen molar-refractivity contribution in [3.05, 3.63) is 0 Å². The first kappa shape index (κ1) is 12.0. The highest BCUT2D eigenvalue weighted by molar-refractivity contribution is 9.09. The molecule has 0 fully saturated rings. The SMILES string of the molecule is CCC(C)SSSC(C)CC. The molecule has 0 radical (unpaired) electrons. The zero-order valence-corrected chi connectivity index (χ0v) is 10.2. The van der Waals surface area contributed by atoms with Gasteiger partial charge in [-0.25, -0.2) is 0 Å². The second kappa shape index (κ2) is 7.69. The number of hydrogen-bond acceptors (Lipinski definition) is 3. The largest absolute Gasteiger partial charge is 0.0794 e. The van der Waals surface area contributed by atoms with Gasteiger partial charge in [0.15, 0.2) is 0 Å². The minimum absolute atomic E-state index is 0.802. The lowest BCUT2D eigenvalue weighted by Crippen LogP contribution is -1.90. The van der Waals surface area contributed by atoms with Crippen LogP contribution < -0.4 is 0 Å². The van der Waals surface area contributed by atoms with Crippen molar-refractivity contribution < 1.29 is 0 Å². The fourth-order valence-electron chi connectivity index (χ4n) is 0.293. The molecule has 0 aliphatic carbocycles. The average Bonchev–Trinajstić information content (AvgIpc) is 2.04. The van der Waals surface area contributed by atoms with Crippen molar-refractivity contribution in [3.8, 4) is 0 Å². The van der Waals surface area contributed by atoms with Crippen molar-refractivity contribution in [1.82, 2.24) is 0 Å². The summed E-state index contributed by atoms with van der Waals surface area (Å²) in [6.07, 6.45) is 2.55. The lowest BCUT2D eigenvalue weighted by atomic mass is 10.4. The Morgan fingerprint density at radius 2 is 1.27 bits per heavy atom. The van der Waals surface area contributed by atoms with Crippen molar-refractivity contribution >= 4 is 31.4 Å². The molecule has 0 amide bonds. The van der Waals surface area contributed by atoms with Gasteiger partial charge in [-0.15, -0.1) is 0 Å². The summed E-state index contributed by atoms with van der Waals surface area (Å²) in [5, 5.41) is 1.60. The normalized spacial score (nSPS) is 16.4.